The second kappa shape index (κ2) is 5.22. The Morgan fingerprint density at radius 3 is 3.26 bits per heavy atom. The van der Waals surface area contributed by atoms with Gasteiger partial charge >= 0.3 is 0 Å². The van der Waals surface area contributed by atoms with E-state index in [1.54, 1.807) is 6.20 Å². The highest BCUT2D eigenvalue weighted by molar-refractivity contribution is 5.78. The molecule has 1 N–H and O–H groups in total. The second-order valence-corrected chi connectivity index (χ2v) is 4.81. The molecule has 1 atom stereocenters. The van der Waals surface area contributed by atoms with E-state index in [9.17, 15) is 4.79 Å². The van der Waals surface area contributed by atoms with Crippen molar-refractivity contribution >= 4 is 5.91 Å². The normalized spacial score (nSPS) is 17.8. The lowest BCUT2D eigenvalue weighted by molar-refractivity contribution is -0.125. The third-order valence-corrected chi connectivity index (χ3v) is 3.51. The van der Waals surface area contributed by atoms with E-state index in [0.717, 1.165) is 30.8 Å². The Labute approximate surface area is 111 Å². The number of nitrogens with one attached hydrogen (secondary N) is 1. The number of pyridine rings is 1. The minimum atomic E-state index is 0.0490. The third kappa shape index (κ3) is 2.65. The van der Waals surface area contributed by atoms with Gasteiger partial charge in [-0.25, -0.2) is 4.98 Å². The fraction of sp³-hybridized carbons (Fsp3) is 0.357. The highest BCUT2D eigenvalue weighted by Gasteiger charge is 2.24. The zero-order valence-corrected chi connectivity index (χ0v) is 10.6. The Morgan fingerprint density at radius 2 is 2.42 bits per heavy atom. The van der Waals surface area contributed by atoms with Gasteiger partial charge in [0.05, 0.1) is 18.6 Å². The Morgan fingerprint density at radius 1 is 1.47 bits per heavy atom. The largest absolute Gasteiger partial charge is 0.350 e. The number of imidazole rings is 1. The lowest BCUT2D eigenvalue weighted by Crippen LogP contribution is -2.34. The molecule has 0 aromatic carbocycles. The first-order valence-electron chi connectivity index (χ1n) is 6.49. The van der Waals surface area contributed by atoms with Crippen molar-refractivity contribution in [1.29, 1.82) is 0 Å². The predicted molar refractivity (Wildman–Crippen MR) is 70.1 cm³/mol. The highest BCUT2D eigenvalue weighted by atomic mass is 16.1. The van der Waals surface area contributed by atoms with Gasteiger partial charge in [0, 0.05) is 37.0 Å². The zero-order chi connectivity index (χ0) is 13.1. The fourth-order valence-corrected chi connectivity index (χ4v) is 2.42. The van der Waals surface area contributed by atoms with Crippen molar-refractivity contribution in [2.24, 2.45) is 5.92 Å². The van der Waals surface area contributed by atoms with Gasteiger partial charge in [0.1, 0.15) is 0 Å². The van der Waals surface area contributed by atoms with Gasteiger partial charge in [-0.15, -0.1) is 0 Å². The smallest absolute Gasteiger partial charge is 0.223 e. The summed E-state index contributed by atoms with van der Waals surface area (Å²) in [7, 11) is 0. The SMILES string of the molecule is O=C(NCc1ccccn1)C1CCn2cncc2C1. The summed E-state index contributed by atoms with van der Waals surface area (Å²) in [5, 5.41) is 2.96. The number of hydrogen-bond donors (Lipinski definition) is 1. The Kier molecular flexibility index (Phi) is 3.27. The molecule has 2 aromatic rings. The lowest BCUT2D eigenvalue weighted by Gasteiger charge is -2.22. The average Bonchev–Trinajstić information content (AvgIpc) is 2.93. The van der Waals surface area contributed by atoms with Gasteiger partial charge in [-0.3, -0.25) is 9.78 Å². The molecule has 5 nitrogen and oxygen atoms in total. The minimum Gasteiger partial charge on any atom is -0.350 e. The van der Waals surface area contributed by atoms with Crippen molar-refractivity contribution in [1.82, 2.24) is 19.9 Å². The number of nitrogens with zero attached hydrogens (tertiary/aromatic N) is 3. The number of rotatable bonds is 3. The Balaban J connectivity index is 1.57. The van der Waals surface area contributed by atoms with Crippen LogP contribution < -0.4 is 5.32 Å². The van der Waals surface area contributed by atoms with Crippen LogP contribution in [-0.4, -0.2) is 20.4 Å². The van der Waals surface area contributed by atoms with Gasteiger partial charge < -0.3 is 9.88 Å². The van der Waals surface area contributed by atoms with Crippen molar-refractivity contribution in [2.75, 3.05) is 0 Å². The summed E-state index contributed by atoms with van der Waals surface area (Å²) in [5.41, 5.74) is 2.03. The molecule has 1 unspecified atom stereocenters. The van der Waals surface area contributed by atoms with E-state index in [2.05, 4.69) is 19.9 Å². The van der Waals surface area contributed by atoms with Crippen LogP contribution in [-0.2, 0) is 24.3 Å². The molecule has 1 aliphatic rings. The van der Waals surface area contributed by atoms with Crippen LogP contribution in [0.4, 0.5) is 0 Å². The van der Waals surface area contributed by atoms with Crippen LogP contribution in [0.5, 0.6) is 0 Å². The van der Waals surface area contributed by atoms with Crippen LogP contribution in [0.25, 0.3) is 0 Å². The summed E-state index contributed by atoms with van der Waals surface area (Å²) in [4.78, 5) is 20.4. The van der Waals surface area contributed by atoms with E-state index in [1.165, 1.54) is 0 Å². The van der Waals surface area contributed by atoms with E-state index in [0.29, 0.717) is 6.54 Å². The van der Waals surface area contributed by atoms with E-state index in [-0.39, 0.29) is 11.8 Å². The Bertz CT molecular complexity index is 564. The minimum absolute atomic E-state index is 0.0490. The standard InChI is InChI=1S/C14H16N4O/c19-14(17-8-12-3-1-2-5-16-12)11-4-6-18-10-15-9-13(18)7-11/h1-3,5,9-11H,4,6-8H2,(H,17,19). The molecule has 5 heteroatoms. The van der Waals surface area contributed by atoms with Crippen LogP contribution in [0.1, 0.15) is 17.8 Å². The molecular weight excluding hydrogens is 240 g/mol. The quantitative estimate of drug-likeness (QED) is 0.896. The number of aromatic nitrogens is 3. The molecule has 1 aliphatic heterocycles. The molecule has 0 aliphatic carbocycles. The number of carbonyl (C=O) groups excluding carboxylic acids is 1. The van der Waals surface area contributed by atoms with Crippen LogP contribution in [0, 0.1) is 5.92 Å². The van der Waals surface area contributed by atoms with Crippen molar-refractivity contribution in [3.8, 4) is 0 Å². The number of carbonyl (C=O) groups is 1. The van der Waals surface area contributed by atoms with Crippen molar-refractivity contribution in [2.45, 2.75) is 25.9 Å². The van der Waals surface area contributed by atoms with E-state index < -0.39 is 0 Å². The zero-order valence-electron chi connectivity index (χ0n) is 10.6. The number of fused-ring (bicyclic) bond motifs is 1. The number of hydrogen-bond acceptors (Lipinski definition) is 3. The molecule has 3 rings (SSSR count). The highest BCUT2D eigenvalue weighted by Crippen LogP contribution is 2.19. The molecule has 1 amide bonds. The van der Waals surface area contributed by atoms with Gasteiger partial charge in [0.2, 0.25) is 5.91 Å². The first-order valence-corrected chi connectivity index (χ1v) is 6.49. The van der Waals surface area contributed by atoms with Crippen molar-refractivity contribution in [3.05, 3.63) is 48.3 Å². The summed E-state index contributed by atoms with van der Waals surface area (Å²) in [6, 6.07) is 5.71. The second-order valence-electron chi connectivity index (χ2n) is 4.81. The fourth-order valence-electron chi connectivity index (χ4n) is 2.42. The van der Waals surface area contributed by atoms with Gasteiger partial charge in [0.15, 0.2) is 0 Å². The summed E-state index contributed by atoms with van der Waals surface area (Å²) in [6.45, 7) is 1.37. The number of aryl methyl sites for hydroxylation is 1. The molecule has 3 heterocycles. The van der Waals surface area contributed by atoms with Crippen LogP contribution in [0.15, 0.2) is 36.9 Å². The third-order valence-electron chi connectivity index (χ3n) is 3.51. The topological polar surface area (TPSA) is 59.8 Å². The van der Waals surface area contributed by atoms with E-state index in [1.807, 2.05) is 30.7 Å². The molecule has 0 saturated heterocycles. The lowest BCUT2D eigenvalue weighted by atomic mass is 9.95. The van der Waals surface area contributed by atoms with Crippen LogP contribution in [0.3, 0.4) is 0 Å². The van der Waals surface area contributed by atoms with Crippen molar-refractivity contribution < 1.29 is 4.79 Å². The van der Waals surface area contributed by atoms with Gasteiger partial charge in [-0.05, 0) is 18.6 Å². The summed E-state index contributed by atoms with van der Waals surface area (Å²) in [6.07, 6.45) is 7.06. The monoisotopic (exact) mass is 256 g/mol. The molecule has 0 spiro atoms. The maximum atomic E-state index is 12.1. The summed E-state index contributed by atoms with van der Waals surface area (Å²) in [5.74, 6) is 0.158. The maximum Gasteiger partial charge on any atom is 0.223 e. The first kappa shape index (κ1) is 11.9. The number of amides is 1. The summed E-state index contributed by atoms with van der Waals surface area (Å²) >= 11 is 0. The van der Waals surface area contributed by atoms with Gasteiger partial charge in [-0.1, -0.05) is 6.07 Å². The van der Waals surface area contributed by atoms with Crippen LogP contribution >= 0.6 is 0 Å². The molecule has 0 fully saturated rings. The predicted octanol–water partition coefficient (Wildman–Crippen LogP) is 1.16. The van der Waals surface area contributed by atoms with Gasteiger partial charge in [-0.2, -0.15) is 0 Å². The van der Waals surface area contributed by atoms with Crippen LogP contribution in [0.2, 0.25) is 0 Å². The molecule has 2 aromatic heterocycles. The molecule has 0 radical (unpaired) electrons. The maximum absolute atomic E-state index is 12.1. The average molecular weight is 256 g/mol. The van der Waals surface area contributed by atoms with Crippen molar-refractivity contribution in [3.63, 3.8) is 0 Å². The van der Waals surface area contributed by atoms with Gasteiger partial charge in [0.25, 0.3) is 0 Å². The molecule has 0 saturated carbocycles. The molecule has 98 valence electrons. The summed E-state index contributed by atoms with van der Waals surface area (Å²) < 4.78 is 2.11. The molecule has 0 bridgehead atoms. The Hall–Kier alpha value is -2.17. The van der Waals surface area contributed by atoms with E-state index in [4.69, 9.17) is 0 Å². The molecule has 19 heavy (non-hydrogen) atoms. The molecular formula is C14H16N4O. The first-order chi connectivity index (χ1) is 9.33. The van der Waals surface area contributed by atoms with E-state index >= 15 is 0 Å².